The van der Waals surface area contributed by atoms with Gasteiger partial charge in [-0.15, -0.1) is 0 Å². The highest BCUT2D eigenvalue weighted by molar-refractivity contribution is 5.91. The predicted octanol–water partition coefficient (Wildman–Crippen LogP) is 4.84. The minimum absolute atomic E-state index is 0.238. The maximum Gasteiger partial charge on any atom is 0.444 e. The molecule has 0 radical (unpaired) electrons. The second-order valence-electron chi connectivity index (χ2n) is 7.76. The Morgan fingerprint density at radius 2 is 1.60 bits per heavy atom. The van der Waals surface area contributed by atoms with Crippen LogP contribution < -0.4 is 15.4 Å². The molecular weight excluding hydrogens is 401 g/mol. The molecule has 3 N–H and O–H groups in total. The van der Waals surface area contributed by atoms with E-state index in [0.717, 1.165) is 12.1 Å². The molecule has 0 saturated carbocycles. The van der Waals surface area contributed by atoms with Crippen molar-refractivity contribution < 1.29 is 32.6 Å². The molecule has 2 aromatic carbocycles. The van der Waals surface area contributed by atoms with Gasteiger partial charge in [0, 0.05) is 16.8 Å². The third kappa shape index (κ3) is 5.03. The zero-order valence-corrected chi connectivity index (χ0v) is 16.9. The predicted molar refractivity (Wildman–Crippen MR) is 106 cm³/mol. The molecule has 9 heteroatoms. The number of carbonyl (C=O) groups is 2. The second-order valence-corrected chi connectivity index (χ2v) is 7.76. The number of carbonyl (C=O) groups excluding carboxylic acids is 1. The van der Waals surface area contributed by atoms with Crippen LogP contribution in [0.1, 0.15) is 31.9 Å². The van der Waals surface area contributed by atoms with Crippen LogP contribution in [0.15, 0.2) is 48.5 Å². The number of urea groups is 1. The lowest BCUT2D eigenvalue weighted by atomic mass is 9.90. The van der Waals surface area contributed by atoms with Crippen molar-refractivity contribution >= 4 is 17.7 Å². The first-order chi connectivity index (χ1) is 13.8. The summed E-state index contributed by atoms with van der Waals surface area (Å²) in [6.45, 7) is 6.78. The number of para-hydroxylation sites is 1. The van der Waals surface area contributed by atoms with E-state index in [1.807, 2.05) is 0 Å². The minimum Gasteiger partial charge on any atom is -0.478 e. The van der Waals surface area contributed by atoms with Gasteiger partial charge in [-0.2, -0.15) is 13.2 Å². The van der Waals surface area contributed by atoms with Crippen molar-refractivity contribution in [3.05, 3.63) is 59.7 Å². The molecule has 2 aromatic rings. The van der Waals surface area contributed by atoms with Crippen LogP contribution >= 0.6 is 0 Å². The van der Waals surface area contributed by atoms with Gasteiger partial charge in [0.2, 0.25) is 0 Å². The van der Waals surface area contributed by atoms with Crippen molar-refractivity contribution in [2.75, 3.05) is 5.32 Å². The SMILES string of the molecule is Cc1cc(C(Oc2ccccc2)(C(=O)O)C(F)(F)F)ccc1NC(=O)NC(C)(C)C. The van der Waals surface area contributed by atoms with Gasteiger partial charge >= 0.3 is 23.8 Å². The first-order valence-electron chi connectivity index (χ1n) is 9.01. The van der Waals surface area contributed by atoms with E-state index in [2.05, 4.69) is 10.6 Å². The summed E-state index contributed by atoms with van der Waals surface area (Å²) in [5, 5.41) is 14.8. The molecule has 0 aromatic heterocycles. The van der Waals surface area contributed by atoms with Gasteiger partial charge < -0.3 is 20.5 Å². The maximum absolute atomic E-state index is 14.0. The third-order valence-electron chi connectivity index (χ3n) is 4.08. The Kier molecular flexibility index (Phi) is 6.34. The Balaban J connectivity index is 2.48. The van der Waals surface area contributed by atoms with Crippen LogP contribution in [0.3, 0.4) is 0 Å². The lowest BCUT2D eigenvalue weighted by Gasteiger charge is -2.33. The molecule has 0 aliphatic heterocycles. The van der Waals surface area contributed by atoms with Crippen molar-refractivity contribution in [3.63, 3.8) is 0 Å². The fraction of sp³-hybridized carbons (Fsp3) is 0.333. The van der Waals surface area contributed by atoms with Gasteiger partial charge in [-0.1, -0.05) is 24.3 Å². The number of anilines is 1. The molecule has 2 rings (SSSR count). The summed E-state index contributed by atoms with van der Waals surface area (Å²) >= 11 is 0. The average molecular weight is 424 g/mol. The first-order valence-corrected chi connectivity index (χ1v) is 9.01. The number of benzene rings is 2. The standard InChI is InChI=1S/C21H23F3N2O4/c1-13-12-14(10-11-16(13)25-18(29)26-19(2,3)4)20(17(27)28,21(22,23)24)30-15-8-6-5-7-9-15/h5-12H,1-4H3,(H,27,28)(H2,25,26,29). The molecule has 0 aliphatic carbocycles. The fourth-order valence-electron chi connectivity index (χ4n) is 2.75. The maximum atomic E-state index is 14.0. The highest BCUT2D eigenvalue weighted by atomic mass is 19.4. The van der Waals surface area contributed by atoms with Crippen molar-refractivity contribution in [1.29, 1.82) is 0 Å². The number of aryl methyl sites for hydroxylation is 1. The highest BCUT2D eigenvalue weighted by Gasteiger charge is 2.65. The smallest absolute Gasteiger partial charge is 0.444 e. The van der Waals surface area contributed by atoms with Crippen molar-refractivity contribution in [3.8, 4) is 5.75 Å². The van der Waals surface area contributed by atoms with Gasteiger partial charge in [-0.25, -0.2) is 9.59 Å². The lowest BCUT2D eigenvalue weighted by Crippen LogP contribution is -2.54. The molecular formula is C21H23F3N2O4. The van der Waals surface area contributed by atoms with Crippen LogP contribution in [0, 0.1) is 6.92 Å². The normalized spacial score (nSPS) is 13.8. The summed E-state index contributed by atoms with van der Waals surface area (Å²) in [7, 11) is 0. The number of aliphatic carboxylic acids is 1. The Labute approximate surface area is 172 Å². The van der Waals surface area contributed by atoms with E-state index >= 15 is 0 Å². The number of carboxylic acids is 1. The summed E-state index contributed by atoms with van der Waals surface area (Å²) in [6.07, 6.45) is -5.26. The van der Waals surface area contributed by atoms with E-state index in [-0.39, 0.29) is 17.0 Å². The number of amides is 2. The van der Waals surface area contributed by atoms with E-state index in [1.54, 1.807) is 26.8 Å². The fourth-order valence-corrected chi connectivity index (χ4v) is 2.75. The summed E-state index contributed by atoms with van der Waals surface area (Å²) in [6, 6.07) is 9.60. The number of rotatable bonds is 5. The van der Waals surface area contributed by atoms with Crippen LogP contribution in [0.4, 0.5) is 23.7 Å². The summed E-state index contributed by atoms with van der Waals surface area (Å²) in [4.78, 5) is 23.9. The molecule has 0 fully saturated rings. The molecule has 0 spiro atoms. The van der Waals surface area contributed by atoms with Crippen LogP contribution in [-0.4, -0.2) is 28.8 Å². The average Bonchev–Trinajstić information content (AvgIpc) is 2.59. The van der Waals surface area contributed by atoms with Crippen molar-refractivity contribution in [2.24, 2.45) is 0 Å². The Hall–Kier alpha value is -3.23. The van der Waals surface area contributed by atoms with Gasteiger partial charge in [0.1, 0.15) is 5.75 Å². The quantitative estimate of drug-likeness (QED) is 0.641. The van der Waals surface area contributed by atoms with Gasteiger partial charge in [-0.05, 0) is 57.5 Å². The lowest BCUT2D eigenvalue weighted by molar-refractivity contribution is -0.255. The van der Waals surface area contributed by atoms with Crippen LogP contribution in [0.2, 0.25) is 0 Å². The molecule has 0 aliphatic rings. The number of ether oxygens (including phenoxy) is 1. The number of alkyl halides is 3. The van der Waals surface area contributed by atoms with Crippen LogP contribution in [0.5, 0.6) is 5.75 Å². The summed E-state index contributed by atoms with van der Waals surface area (Å²) < 4.78 is 47.2. The van der Waals surface area contributed by atoms with Crippen LogP contribution in [-0.2, 0) is 10.4 Å². The topological polar surface area (TPSA) is 87.7 Å². The number of hydrogen-bond acceptors (Lipinski definition) is 3. The molecule has 1 atom stereocenters. The molecule has 0 saturated heterocycles. The first kappa shape index (κ1) is 23.1. The molecule has 162 valence electrons. The van der Waals surface area contributed by atoms with Crippen LogP contribution in [0.25, 0.3) is 0 Å². The van der Waals surface area contributed by atoms with Gasteiger partial charge in [-0.3, -0.25) is 0 Å². The summed E-state index contributed by atoms with van der Waals surface area (Å²) in [5.41, 5.74) is -4.28. The highest BCUT2D eigenvalue weighted by Crippen LogP contribution is 2.44. The molecule has 6 nitrogen and oxygen atoms in total. The monoisotopic (exact) mass is 424 g/mol. The number of carboxylic acid groups (broad SMARTS) is 1. The molecule has 0 heterocycles. The molecule has 2 amide bonds. The Morgan fingerprint density at radius 1 is 1.00 bits per heavy atom. The molecule has 30 heavy (non-hydrogen) atoms. The number of hydrogen-bond donors (Lipinski definition) is 3. The molecule has 1 unspecified atom stereocenters. The van der Waals surface area contributed by atoms with E-state index in [0.29, 0.717) is 0 Å². The van der Waals surface area contributed by atoms with Crippen molar-refractivity contribution in [2.45, 2.75) is 45.0 Å². The van der Waals surface area contributed by atoms with Gasteiger partial charge in [0.25, 0.3) is 0 Å². The summed E-state index contributed by atoms with van der Waals surface area (Å²) in [5.74, 6) is -2.45. The second kappa shape index (κ2) is 8.25. The van der Waals surface area contributed by atoms with Gasteiger partial charge in [0.15, 0.2) is 0 Å². The van der Waals surface area contributed by atoms with E-state index in [1.165, 1.54) is 37.3 Å². The Morgan fingerprint density at radius 3 is 2.07 bits per heavy atom. The molecule has 0 bridgehead atoms. The van der Waals surface area contributed by atoms with E-state index in [4.69, 9.17) is 4.74 Å². The van der Waals surface area contributed by atoms with E-state index < -0.39 is 34.9 Å². The zero-order chi connectivity index (χ0) is 22.7. The largest absolute Gasteiger partial charge is 0.478 e. The van der Waals surface area contributed by atoms with E-state index in [9.17, 15) is 27.9 Å². The third-order valence-corrected chi connectivity index (χ3v) is 4.08. The number of halogens is 3. The number of nitrogens with one attached hydrogen (secondary N) is 2. The Bertz CT molecular complexity index is 924. The van der Waals surface area contributed by atoms with Crippen molar-refractivity contribution in [1.82, 2.24) is 5.32 Å². The zero-order valence-electron chi connectivity index (χ0n) is 16.9. The van der Waals surface area contributed by atoms with Gasteiger partial charge in [0.05, 0.1) is 0 Å². The minimum atomic E-state index is -5.26.